The summed E-state index contributed by atoms with van der Waals surface area (Å²) in [5, 5.41) is 9.47. The van der Waals surface area contributed by atoms with Crippen LogP contribution in [0.2, 0.25) is 0 Å². The molecule has 64 valence electrons. The van der Waals surface area contributed by atoms with Crippen molar-refractivity contribution in [3.63, 3.8) is 0 Å². The van der Waals surface area contributed by atoms with Crippen molar-refractivity contribution in [3.05, 3.63) is 24.8 Å². The summed E-state index contributed by atoms with van der Waals surface area (Å²) in [5.41, 5.74) is -0.745. The molecule has 0 aliphatic heterocycles. The quantitative estimate of drug-likeness (QED) is 0.617. The summed E-state index contributed by atoms with van der Waals surface area (Å²) in [5.74, 6) is 0.551. The van der Waals surface area contributed by atoms with Gasteiger partial charge in [0.25, 0.3) is 0 Å². The molecule has 0 unspecified atom stereocenters. The summed E-state index contributed by atoms with van der Waals surface area (Å²) in [6.45, 7) is 9.52. The lowest BCUT2D eigenvalue weighted by atomic mass is 10.0. The first-order valence-electron chi connectivity index (χ1n) is 4.00. The van der Waals surface area contributed by atoms with Gasteiger partial charge in [-0.05, 0) is 19.3 Å². The highest BCUT2D eigenvalue weighted by Crippen LogP contribution is 2.11. The minimum Gasteiger partial charge on any atom is -0.386 e. The third-order valence-corrected chi connectivity index (χ3v) is 1.49. The van der Waals surface area contributed by atoms with Crippen molar-refractivity contribution in [1.29, 1.82) is 0 Å². The first-order chi connectivity index (χ1) is 4.98. The summed E-state index contributed by atoms with van der Waals surface area (Å²) in [6, 6.07) is 0. The van der Waals surface area contributed by atoms with Gasteiger partial charge in [0.05, 0.1) is 5.60 Å². The molecule has 0 rings (SSSR count). The molecule has 0 amide bonds. The standard InChI is InChI=1S/C10H18O/c1-5-10(4,11)8-6-7-9(2)3/h5-7,9,11H,1,8H2,2-4H3/t10-/m1/s1. The summed E-state index contributed by atoms with van der Waals surface area (Å²) in [6.07, 6.45) is 6.29. The van der Waals surface area contributed by atoms with Gasteiger partial charge < -0.3 is 5.11 Å². The van der Waals surface area contributed by atoms with E-state index in [1.54, 1.807) is 13.0 Å². The maximum Gasteiger partial charge on any atom is 0.0831 e. The third kappa shape index (κ3) is 5.86. The SMILES string of the molecule is C=C[C@@](C)(O)CC=CC(C)C. The van der Waals surface area contributed by atoms with Crippen LogP contribution in [0.25, 0.3) is 0 Å². The van der Waals surface area contributed by atoms with Crippen LogP contribution >= 0.6 is 0 Å². The van der Waals surface area contributed by atoms with E-state index in [0.29, 0.717) is 12.3 Å². The van der Waals surface area contributed by atoms with E-state index in [4.69, 9.17) is 0 Å². The fraction of sp³-hybridized carbons (Fsp3) is 0.600. The second kappa shape index (κ2) is 4.35. The van der Waals surface area contributed by atoms with E-state index >= 15 is 0 Å². The molecule has 0 saturated heterocycles. The zero-order valence-corrected chi connectivity index (χ0v) is 7.67. The predicted molar refractivity (Wildman–Crippen MR) is 49.4 cm³/mol. The van der Waals surface area contributed by atoms with Gasteiger partial charge in [-0.2, -0.15) is 0 Å². The van der Waals surface area contributed by atoms with Crippen molar-refractivity contribution in [2.45, 2.75) is 32.8 Å². The molecule has 11 heavy (non-hydrogen) atoms. The van der Waals surface area contributed by atoms with Gasteiger partial charge in [0.1, 0.15) is 0 Å². The van der Waals surface area contributed by atoms with Crippen LogP contribution in [0.1, 0.15) is 27.2 Å². The Morgan fingerprint density at radius 3 is 2.45 bits per heavy atom. The molecule has 1 N–H and O–H groups in total. The lowest BCUT2D eigenvalue weighted by molar-refractivity contribution is 0.115. The molecule has 0 aromatic carbocycles. The van der Waals surface area contributed by atoms with Crippen LogP contribution in [0.5, 0.6) is 0 Å². The summed E-state index contributed by atoms with van der Waals surface area (Å²) < 4.78 is 0. The van der Waals surface area contributed by atoms with Crippen molar-refractivity contribution in [2.24, 2.45) is 5.92 Å². The molecular formula is C10H18O. The maximum atomic E-state index is 9.47. The van der Waals surface area contributed by atoms with E-state index in [-0.39, 0.29) is 0 Å². The molecule has 0 aromatic rings. The molecule has 1 nitrogen and oxygen atoms in total. The van der Waals surface area contributed by atoms with Gasteiger partial charge in [-0.15, -0.1) is 6.58 Å². The smallest absolute Gasteiger partial charge is 0.0831 e. The van der Waals surface area contributed by atoms with Gasteiger partial charge in [0, 0.05) is 0 Å². The van der Waals surface area contributed by atoms with Gasteiger partial charge in [0.15, 0.2) is 0 Å². The lowest BCUT2D eigenvalue weighted by Gasteiger charge is -2.15. The molecule has 0 aliphatic carbocycles. The molecule has 1 atom stereocenters. The van der Waals surface area contributed by atoms with Crippen LogP contribution < -0.4 is 0 Å². The fourth-order valence-electron chi connectivity index (χ4n) is 0.662. The van der Waals surface area contributed by atoms with Crippen molar-refractivity contribution in [2.75, 3.05) is 0 Å². The average Bonchev–Trinajstić information content (AvgIpc) is 1.87. The maximum absolute atomic E-state index is 9.47. The van der Waals surface area contributed by atoms with E-state index in [1.807, 2.05) is 6.08 Å². The van der Waals surface area contributed by atoms with Crippen LogP contribution in [0.15, 0.2) is 24.8 Å². The van der Waals surface area contributed by atoms with Gasteiger partial charge in [-0.1, -0.05) is 32.1 Å². The number of hydrogen-bond donors (Lipinski definition) is 1. The monoisotopic (exact) mass is 154 g/mol. The number of allylic oxidation sites excluding steroid dienone is 1. The highest BCUT2D eigenvalue weighted by atomic mass is 16.3. The summed E-state index contributed by atoms with van der Waals surface area (Å²) >= 11 is 0. The van der Waals surface area contributed by atoms with Crippen molar-refractivity contribution in [1.82, 2.24) is 0 Å². The van der Waals surface area contributed by atoms with Crippen LogP contribution in [0.4, 0.5) is 0 Å². The lowest BCUT2D eigenvalue weighted by Crippen LogP contribution is -2.18. The highest BCUT2D eigenvalue weighted by Gasteiger charge is 2.11. The topological polar surface area (TPSA) is 20.2 Å². The van der Waals surface area contributed by atoms with E-state index in [1.165, 1.54) is 0 Å². The largest absolute Gasteiger partial charge is 0.386 e. The molecule has 0 saturated carbocycles. The van der Waals surface area contributed by atoms with E-state index in [0.717, 1.165) is 0 Å². The Morgan fingerprint density at radius 2 is 2.09 bits per heavy atom. The Kier molecular flexibility index (Phi) is 4.12. The Hall–Kier alpha value is -0.560. The Balaban J connectivity index is 3.78. The molecule has 0 bridgehead atoms. The first kappa shape index (κ1) is 10.4. The molecule has 0 fully saturated rings. The van der Waals surface area contributed by atoms with Gasteiger partial charge in [-0.25, -0.2) is 0 Å². The van der Waals surface area contributed by atoms with Crippen molar-refractivity contribution >= 4 is 0 Å². The molecular weight excluding hydrogens is 136 g/mol. The molecule has 0 heterocycles. The minimum atomic E-state index is -0.745. The molecule has 0 spiro atoms. The van der Waals surface area contributed by atoms with E-state index in [2.05, 4.69) is 26.5 Å². The molecule has 0 aromatic heterocycles. The van der Waals surface area contributed by atoms with Crippen molar-refractivity contribution in [3.8, 4) is 0 Å². The Bertz CT molecular complexity index is 143. The summed E-state index contributed by atoms with van der Waals surface area (Å²) in [4.78, 5) is 0. The van der Waals surface area contributed by atoms with Crippen LogP contribution in [0, 0.1) is 5.92 Å². The number of aliphatic hydroxyl groups is 1. The second-order valence-electron chi connectivity index (χ2n) is 3.44. The minimum absolute atomic E-state index is 0.551. The predicted octanol–water partition coefficient (Wildman–Crippen LogP) is 2.53. The Labute approximate surface area is 69.4 Å². The van der Waals surface area contributed by atoms with Gasteiger partial charge >= 0.3 is 0 Å². The molecule has 0 aliphatic rings. The Morgan fingerprint density at radius 1 is 1.55 bits per heavy atom. The first-order valence-corrected chi connectivity index (χ1v) is 4.00. The second-order valence-corrected chi connectivity index (χ2v) is 3.44. The van der Waals surface area contributed by atoms with E-state index in [9.17, 15) is 5.11 Å². The van der Waals surface area contributed by atoms with Crippen molar-refractivity contribution < 1.29 is 5.11 Å². The van der Waals surface area contributed by atoms with Crippen LogP contribution in [0.3, 0.4) is 0 Å². The zero-order valence-electron chi connectivity index (χ0n) is 7.67. The third-order valence-electron chi connectivity index (χ3n) is 1.49. The molecule has 0 radical (unpaired) electrons. The van der Waals surface area contributed by atoms with Gasteiger partial charge in [-0.3, -0.25) is 0 Å². The fourth-order valence-corrected chi connectivity index (χ4v) is 0.662. The average molecular weight is 154 g/mol. The van der Waals surface area contributed by atoms with Crippen LogP contribution in [-0.4, -0.2) is 10.7 Å². The molecule has 1 heteroatoms. The highest BCUT2D eigenvalue weighted by molar-refractivity contribution is 4.99. The zero-order chi connectivity index (χ0) is 8.91. The van der Waals surface area contributed by atoms with Gasteiger partial charge in [0.2, 0.25) is 0 Å². The van der Waals surface area contributed by atoms with E-state index < -0.39 is 5.60 Å². The normalized spacial score (nSPS) is 17.2. The number of rotatable bonds is 4. The number of hydrogen-bond acceptors (Lipinski definition) is 1. The summed E-state index contributed by atoms with van der Waals surface area (Å²) in [7, 11) is 0. The van der Waals surface area contributed by atoms with Crippen LogP contribution in [-0.2, 0) is 0 Å².